The van der Waals surface area contributed by atoms with Crippen LogP contribution in [0.2, 0.25) is 0 Å². The van der Waals surface area contributed by atoms with Gasteiger partial charge in [0.25, 0.3) is 0 Å². The monoisotopic (exact) mass is 654 g/mol. The van der Waals surface area contributed by atoms with Gasteiger partial charge < -0.3 is 0 Å². The second-order valence-electron chi connectivity index (χ2n) is 11.2. The van der Waals surface area contributed by atoms with Crippen LogP contribution in [-0.4, -0.2) is 15.0 Å². The Bertz CT molecular complexity index is 3170. The van der Waals surface area contributed by atoms with Crippen molar-refractivity contribution in [2.75, 3.05) is 0 Å². The van der Waals surface area contributed by atoms with E-state index in [0.717, 1.165) is 33.6 Å². The average Bonchev–Trinajstić information content (AvgIpc) is 3.68. The maximum atomic E-state index is 9.22. The molecule has 0 aliphatic carbocycles. The van der Waals surface area contributed by atoms with Crippen molar-refractivity contribution >= 4 is 31.5 Å². The Morgan fingerprint density at radius 1 is 0.388 bits per heavy atom. The van der Waals surface area contributed by atoms with E-state index in [1.165, 1.54) is 0 Å². The number of hydrogen-bond donors (Lipinski definition) is 0. The van der Waals surface area contributed by atoms with Crippen LogP contribution >= 0.6 is 11.3 Å². The van der Waals surface area contributed by atoms with E-state index in [1.807, 2.05) is 72.8 Å². The molecule has 49 heavy (non-hydrogen) atoms. The van der Waals surface area contributed by atoms with Crippen LogP contribution in [0.4, 0.5) is 0 Å². The first-order valence-corrected chi connectivity index (χ1v) is 16.3. The summed E-state index contributed by atoms with van der Waals surface area (Å²) >= 11 is 0.936. The third-order valence-electron chi connectivity index (χ3n) is 8.23. The molecule has 0 atom stereocenters. The number of thiophene rings is 1. The molecular weight excluding hydrogens is 615 g/mol. The van der Waals surface area contributed by atoms with E-state index in [9.17, 15) is 1.37 Å². The van der Waals surface area contributed by atoms with Crippen molar-refractivity contribution in [3.8, 4) is 67.5 Å². The summed E-state index contributed by atoms with van der Waals surface area (Å²) < 4.78 is 96.6. The summed E-state index contributed by atoms with van der Waals surface area (Å²) in [5.74, 6) is 0.541. The molecule has 0 aliphatic rings. The van der Waals surface area contributed by atoms with Crippen molar-refractivity contribution in [3.05, 3.63) is 176 Å². The molecule has 7 aromatic carbocycles. The first kappa shape index (κ1) is 19.6. The van der Waals surface area contributed by atoms with E-state index in [0.29, 0.717) is 11.1 Å². The molecule has 0 spiro atoms. The van der Waals surface area contributed by atoms with Gasteiger partial charge in [-0.1, -0.05) is 164 Å². The van der Waals surface area contributed by atoms with E-state index in [1.54, 1.807) is 0 Å². The Labute approximate surface area is 304 Å². The van der Waals surface area contributed by atoms with Gasteiger partial charge in [0, 0.05) is 36.9 Å². The van der Waals surface area contributed by atoms with Crippen molar-refractivity contribution in [2.24, 2.45) is 0 Å². The highest BCUT2D eigenvalue weighted by Gasteiger charge is 2.18. The van der Waals surface area contributed by atoms with Gasteiger partial charge in [0.05, 0.1) is 15.1 Å². The van der Waals surface area contributed by atoms with Crippen LogP contribution in [-0.2, 0) is 0 Å². The van der Waals surface area contributed by atoms with Crippen molar-refractivity contribution in [1.82, 2.24) is 15.0 Å². The summed E-state index contributed by atoms with van der Waals surface area (Å²) in [5, 5.41) is 0.0184. The standard InChI is InChI=1S/C45H29N3S/c1-4-12-30(13-5-1)31-22-24-32(25-23-31)33-26-28-36(29-27-33)44-46-43(35-16-8-3-9-17-35)47-45(48-44)39-20-10-19-38-41-37(34-14-6-2-7-15-34)18-11-21-40(41)49-42(38)39/h1-29H/i2D,6D,7D,10D,11D,14D,15D,18D,19D,20D,21D. The Morgan fingerprint density at radius 3 is 1.51 bits per heavy atom. The summed E-state index contributed by atoms with van der Waals surface area (Å²) in [6.45, 7) is 0. The minimum atomic E-state index is -0.652. The summed E-state index contributed by atoms with van der Waals surface area (Å²) in [7, 11) is 0. The van der Waals surface area contributed by atoms with Crippen LogP contribution in [0.3, 0.4) is 0 Å². The lowest BCUT2D eigenvalue weighted by molar-refractivity contribution is 1.08. The van der Waals surface area contributed by atoms with E-state index >= 15 is 0 Å². The maximum Gasteiger partial charge on any atom is 0.165 e. The van der Waals surface area contributed by atoms with Gasteiger partial charge in [-0.2, -0.15) is 0 Å². The Balaban J connectivity index is 1.27. The van der Waals surface area contributed by atoms with E-state index < -0.39 is 54.4 Å². The van der Waals surface area contributed by atoms with E-state index in [-0.39, 0.29) is 66.4 Å². The molecule has 0 fully saturated rings. The number of fused-ring (bicyclic) bond motifs is 3. The maximum absolute atomic E-state index is 9.22. The molecule has 0 aliphatic heterocycles. The van der Waals surface area contributed by atoms with Crippen LogP contribution in [0.25, 0.3) is 87.7 Å². The number of rotatable bonds is 6. The largest absolute Gasteiger partial charge is 0.208 e. The van der Waals surface area contributed by atoms with Crippen LogP contribution in [0, 0.1) is 0 Å². The van der Waals surface area contributed by atoms with Gasteiger partial charge in [-0.15, -0.1) is 11.3 Å². The predicted octanol–water partition coefficient (Wildman–Crippen LogP) is 12.2. The Hall–Kier alpha value is -6.23. The first-order valence-electron chi connectivity index (χ1n) is 21.0. The normalized spacial score (nSPS) is 14.4. The van der Waals surface area contributed by atoms with Crippen LogP contribution in [0.1, 0.15) is 15.1 Å². The molecule has 0 saturated heterocycles. The van der Waals surface area contributed by atoms with E-state index in [2.05, 4.69) is 36.4 Å². The van der Waals surface area contributed by atoms with Gasteiger partial charge >= 0.3 is 0 Å². The van der Waals surface area contributed by atoms with E-state index in [4.69, 9.17) is 28.7 Å². The highest BCUT2D eigenvalue weighted by molar-refractivity contribution is 7.26. The molecule has 0 N–H and O–H groups in total. The molecule has 3 nitrogen and oxygen atoms in total. The quantitative estimate of drug-likeness (QED) is 0.179. The minimum absolute atomic E-state index is 0.00238. The minimum Gasteiger partial charge on any atom is -0.208 e. The Morgan fingerprint density at radius 2 is 0.878 bits per heavy atom. The first-order chi connectivity index (χ1) is 28.8. The zero-order chi connectivity index (χ0) is 42.1. The van der Waals surface area contributed by atoms with Crippen molar-refractivity contribution in [2.45, 2.75) is 0 Å². The molecule has 0 radical (unpaired) electrons. The smallest absolute Gasteiger partial charge is 0.165 e. The summed E-state index contributed by atoms with van der Waals surface area (Å²) in [6.07, 6.45) is 0. The number of hydrogen-bond acceptors (Lipinski definition) is 4. The zero-order valence-electron chi connectivity index (χ0n) is 36.6. The molecule has 9 rings (SSSR count). The molecule has 4 heteroatoms. The predicted molar refractivity (Wildman–Crippen MR) is 205 cm³/mol. The van der Waals surface area contributed by atoms with Crippen LogP contribution in [0.15, 0.2) is 176 Å². The highest BCUT2D eigenvalue weighted by atomic mass is 32.1. The summed E-state index contributed by atoms with van der Waals surface area (Å²) in [5.41, 5.74) is 4.93. The lowest BCUT2D eigenvalue weighted by atomic mass is 9.99. The van der Waals surface area contributed by atoms with Gasteiger partial charge in [-0.25, -0.2) is 15.0 Å². The van der Waals surface area contributed by atoms with Gasteiger partial charge in [-0.3, -0.25) is 0 Å². The summed E-state index contributed by atoms with van der Waals surface area (Å²) in [4.78, 5) is 14.5. The molecule has 0 bridgehead atoms. The van der Waals surface area contributed by atoms with Crippen LogP contribution in [0.5, 0.6) is 0 Å². The molecule has 9 aromatic rings. The molecule has 0 unspecified atom stereocenters. The van der Waals surface area contributed by atoms with Crippen molar-refractivity contribution in [1.29, 1.82) is 0 Å². The molecular formula is C45H29N3S. The van der Waals surface area contributed by atoms with Gasteiger partial charge in [0.15, 0.2) is 17.5 Å². The third-order valence-corrected chi connectivity index (χ3v) is 9.36. The lowest BCUT2D eigenvalue weighted by Crippen LogP contribution is -2.00. The number of aromatic nitrogens is 3. The molecule has 2 heterocycles. The topological polar surface area (TPSA) is 38.7 Å². The lowest BCUT2D eigenvalue weighted by Gasteiger charge is -2.10. The van der Waals surface area contributed by atoms with Gasteiger partial charge in [-0.05, 0) is 45.5 Å². The fourth-order valence-corrected chi connectivity index (χ4v) is 6.94. The zero-order valence-corrected chi connectivity index (χ0v) is 26.5. The summed E-state index contributed by atoms with van der Waals surface area (Å²) in [6, 6.07) is 29.3. The molecule has 0 amide bonds. The van der Waals surface area contributed by atoms with Crippen molar-refractivity contribution < 1.29 is 15.1 Å². The van der Waals surface area contributed by atoms with Crippen molar-refractivity contribution in [3.63, 3.8) is 0 Å². The number of benzene rings is 7. The second kappa shape index (κ2) is 12.4. The number of nitrogens with zero attached hydrogens (tertiary/aromatic N) is 3. The molecule has 0 saturated carbocycles. The van der Waals surface area contributed by atoms with Gasteiger partial charge in [0.2, 0.25) is 0 Å². The van der Waals surface area contributed by atoms with Crippen LogP contribution < -0.4 is 0 Å². The Kier molecular flexibility index (Phi) is 4.96. The average molecular weight is 655 g/mol. The molecule has 2 aromatic heterocycles. The SMILES string of the molecule is [2H]c1c([2H])c([2H])c(-c2c([2H])c([2H])c([2H])c3sc4c(-c5nc(-c6ccccc6)nc(-c6ccc(-c7ccc(-c8ccccc8)cc7)cc6)n5)c([2H])c([2H])c([2H])c4c23)c([2H])c1[2H]. The molecule has 230 valence electrons. The third kappa shape index (κ3) is 5.48. The second-order valence-corrected chi connectivity index (χ2v) is 12.2. The highest BCUT2D eigenvalue weighted by Crippen LogP contribution is 2.43. The van der Waals surface area contributed by atoms with Gasteiger partial charge in [0.1, 0.15) is 0 Å². The fourth-order valence-electron chi connectivity index (χ4n) is 5.83. The fraction of sp³-hybridized carbons (Fsp3) is 0.